The van der Waals surface area contributed by atoms with Crippen LogP contribution in [0.25, 0.3) is 0 Å². The first kappa shape index (κ1) is 20.8. The molecule has 1 amide bonds. The van der Waals surface area contributed by atoms with Gasteiger partial charge in [-0.05, 0) is 42.5 Å². The molecule has 0 saturated heterocycles. The Labute approximate surface area is 158 Å². The second kappa shape index (κ2) is 8.05. The standard InChI is InChI=1S/C16H14ClF3N2O4S/c1-21-15(23)10-2-5-12(6-3-10)27(24,25)22-13-8-11(17)4-7-14(13)26-9-16(18,19)20/h2-8,22H,9H2,1H3,(H,21,23). The molecule has 146 valence electrons. The fourth-order valence-electron chi connectivity index (χ4n) is 2.00. The molecule has 2 aromatic carbocycles. The summed E-state index contributed by atoms with van der Waals surface area (Å²) >= 11 is 5.80. The maximum Gasteiger partial charge on any atom is 0.422 e. The molecule has 0 aliphatic rings. The molecule has 0 heterocycles. The van der Waals surface area contributed by atoms with Crippen LogP contribution in [-0.2, 0) is 10.0 Å². The Kier molecular flexibility index (Phi) is 6.22. The van der Waals surface area contributed by atoms with Crippen LogP contribution in [0, 0.1) is 0 Å². The Morgan fingerprint density at radius 2 is 1.78 bits per heavy atom. The number of halogens is 4. The van der Waals surface area contributed by atoms with Gasteiger partial charge in [-0.2, -0.15) is 13.2 Å². The zero-order valence-corrected chi connectivity index (χ0v) is 15.4. The highest BCUT2D eigenvalue weighted by Gasteiger charge is 2.29. The van der Waals surface area contributed by atoms with E-state index in [2.05, 4.69) is 14.8 Å². The molecule has 6 nitrogen and oxygen atoms in total. The van der Waals surface area contributed by atoms with Gasteiger partial charge in [0.2, 0.25) is 0 Å². The number of benzene rings is 2. The van der Waals surface area contributed by atoms with E-state index in [9.17, 15) is 26.4 Å². The van der Waals surface area contributed by atoms with Gasteiger partial charge in [-0.15, -0.1) is 0 Å². The van der Waals surface area contributed by atoms with Gasteiger partial charge in [0, 0.05) is 17.6 Å². The number of anilines is 1. The molecule has 0 saturated carbocycles. The van der Waals surface area contributed by atoms with Crippen molar-refractivity contribution in [1.82, 2.24) is 5.32 Å². The molecular weight excluding hydrogens is 409 g/mol. The van der Waals surface area contributed by atoms with E-state index in [1.165, 1.54) is 37.4 Å². The van der Waals surface area contributed by atoms with Crippen LogP contribution in [-0.4, -0.2) is 34.2 Å². The van der Waals surface area contributed by atoms with Crippen LogP contribution in [0.15, 0.2) is 47.4 Å². The highest BCUT2D eigenvalue weighted by molar-refractivity contribution is 7.92. The van der Waals surface area contributed by atoms with Gasteiger partial charge in [0.25, 0.3) is 15.9 Å². The largest absolute Gasteiger partial charge is 0.482 e. The lowest BCUT2D eigenvalue weighted by Crippen LogP contribution is -2.20. The Morgan fingerprint density at radius 1 is 1.15 bits per heavy atom. The van der Waals surface area contributed by atoms with E-state index in [0.29, 0.717) is 0 Å². The molecule has 11 heteroatoms. The number of sulfonamides is 1. The van der Waals surface area contributed by atoms with E-state index >= 15 is 0 Å². The molecule has 0 aliphatic carbocycles. The van der Waals surface area contributed by atoms with Crippen molar-refractivity contribution in [2.45, 2.75) is 11.1 Å². The summed E-state index contributed by atoms with van der Waals surface area (Å²) in [6.07, 6.45) is -4.59. The second-order valence-electron chi connectivity index (χ2n) is 5.25. The molecule has 2 N–H and O–H groups in total. The van der Waals surface area contributed by atoms with Crippen LogP contribution in [0.5, 0.6) is 5.75 Å². The van der Waals surface area contributed by atoms with Crippen molar-refractivity contribution in [2.24, 2.45) is 0 Å². The smallest absolute Gasteiger partial charge is 0.422 e. The SMILES string of the molecule is CNC(=O)c1ccc(S(=O)(=O)Nc2cc(Cl)ccc2OCC(F)(F)F)cc1. The van der Waals surface area contributed by atoms with Gasteiger partial charge in [0.1, 0.15) is 5.75 Å². The second-order valence-corrected chi connectivity index (χ2v) is 7.37. The molecular formula is C16H14ClF3N2O4S. The maximum absolute atomic E-state index is 12.5. The van der Waals surface area contributed by atoms with E-state index in [0.717, 1.165) is 12.1 Å². The molecule has 0 atom stereocenters. The predicted octanol–water partition coefficient (Wildman–Crippen LogP) is 3.44. The summed E-state index contributed by atoms with van der Waals surface area (Å²) < 4.78 is 68.8. The number of nitrogens with one attached hydrogen (secondary N) is 2. The number of alkyl halides is 3. The maximum atomic E-state index is 12.5. The van der Waals surface area contributed by atoms with E-state index in [1.54, 1.807) is 0 Å². The summed E-state index contributed by atoms with van der Waals surface area (Å²) in [6.45, 7) is -1.59. The number of rotatable bonds is 6. The van der Waals surface area contributed by atoms with Crippen molar-refractivity contribution in [3.63, 3.8) is 0 Å². The van der Waals surface area contributed by atoms with Gasteiger partial charge in [-0.1, -0.05) is 11.6 Å². The van der Waals surface area contributed by atoms with Crippen LogP contribution in [0.4, 0.5) is 18.9 Å². The fraction of sp³-hybridized carbons (Fsp3) is 0.188. The quantitative estimate of drug-likeness (QED) is 0.746. The van der Waals surface area contributed by atoms with Crippen LogP contribution in [0.2, 0.25) is 5.02 Å². The number of carbonyl (C=O) groups excluding carboxylic acids is 1. The number of carbonyl (C=O) groups is 1. The third-order valence-corrected chi connectivity index (χ3v) is 4.85. The number of hydrogen-bond acceptors (Lipinski definition) is 4. The molecule has 0 aromatic heterocycles. The monoisotopic (exact) mass is 422 g/mol. The predicted molar refractivity (Wildman–Crippen MR) is 93.6 cm³/mol. The minimum atomic E-state index is -4.59. The first-order chi connectivity index (χ1) is 12.5. The molecule has 0 aliphatic heterocycles. The molecule has 0 spiro atoms. The minimum absolute atomic E-state index is 0.0991. The third kappa shape index (κ3) is 5.76. The number of hydrogen-bond donors (Lipinski definition) is 2. The summed E-state index contributed by atoms with van der Waals surface area (Å²) in [6, 6.07) is 8.49. The van der Waals surface area contributed by atoms with Gasteiger partial charge >= 0.3 is 6.18 Å². The summed E-state index contributed by atoms with van der Waals surface area (Å²) in [5.74, 6) is -0.730. The van der Waals surface area contributed by atoms with Gasteiger partial charge in [0.05, 0.1) is 10.6 Å². The van der Waals surface area contributed by atoms with E-state index in [-0.39, 0.29) is 26.9 Å². The van der Waals surface area contributed by atoms with Crippen molar-refractivity contribution in [3.8, 4) is 5.75 Å². The zero-order chi connectivity index (χ0) is 20.2. The molecule has 2 aromatic rings. The molecule has 2 rings (SSSR count). The average molecular weight is 423 g/mol. The zero-order valence-electron chi connectivity index (χ0n) is 13.8. The Bertz CT molecular complexity index is 932. The number of ether oxygens (including phenoxy) is 1. The topological polar surface area (TPSA) is 84.5 Å². The lowest BCUT2D eigenvalue weighted by atomic mass is 10.2. The first-order valence-corrected chi connectivity index (χ1v) is 9.22. The third-order valence-electron chi connectivity index (χ3n) is 3.23. The highest BCUT2D eigenvalue weighted by Crippen LogP contribution is 2.31. The summed E-state index contributed by atoms with van der Waals surface area (Å²) in [5.41, 5.74) is -0.00414. The van der Waals surface area contributed by atoms with Crippen molar-refractivity contribution >= 4 is 33.2 Å². The molecule has 0 fully saturated rings. The van der Waals surface area contributed by atoms with E-state index in [1.807, 2.05) is 0 Å². The van der Waals surface area contributed by atoms with Crippen LogP contribution >= 0.6 is 11.6 Å². The number of amides is 1. The lowest BCUT2D eigenvalue weighted by molar-refractivity contribution is -0.153. The summed E-state index contributed by atoms with van der Waals surface area (Å²) in [7, 11) is -2.73. The Hall–Kier alpha value is -2.46. The van der Waals surface area contributed by atoms with E-state index in [4.69, 9.17) is 11.6 Å². The highest BCUT2D eigenvalue weighted by atomic mass is 35.5. The van der Waals surface area contributed by atoms with Gasteiger partial charge in [0.15, 0.2) is 6.61 Å². The Morgan fingerprint density at radius 3 is 2.33 bits per heavy atom. The van der Waals surface area contributed by atoms with Gasteiger partial charge in [-0.25, -0.2) is 8.42 Å². The molecule has 0 radical (unpaired) electrons. The van der Waals surface area contributed by atoms with Crippen LogP contribution in [0.3, 0.4) is 0 Å². The average Bonchev–Trinajstić information content (AvgIpc) is 2.59. The summed E-state index contributed by atoms with van der Waals surface area (Å²) in [4.78, 5) is 11.3. The normalized spacial score (nSPS) is 11.7. The molecule has 0 bridgehead atoms. The lowest BCUT2D eigenvalue weighted by Gasteiger charge is -2.15. The van der Waals surface area contributed by atoms with Crippen molar-refractivity contribution in [1.29, 1.82) is 0 Å². The first-order valence-electron chi connectivity index (χ1n) is 7.36. The summed E-state index contributed by atoms with van der Waals surface area (Å²) in [5, 5.41) is 2.49. The van der Waals surface area contributed by atoms with Crippen LogP contribution in [0.1, 0.15) is 10.4 Å². The molecule has 27 heavy (non-hydrogen) atoms. The molecule has 0 unspecified atom stereocenters. The van der Waals surface area contributed by atoms with Crippen molar-refractivity contribution in [2.75, 3.05) is 18.4 Å². The van der Waals surface area contributed by atoms with Gasteiger partial charge < -0.3 is 10.1 Å². The Balaban J connectivity index is 2.29. The van der Waals surface area contributed by atoms with Crippen molar-refractivity contribution in [3.05, 3.63) is 53.1 Å². The fourth-order valence-corrected chi connectivity index (χ4v) is 3.23. The van der Waals surface area contributed by atoms with Gasteiger partial charge in [-0.3, -0.25) is 9.52 Å². The van der Waals surface area contributed by atoms with E-state index < -0.39 is 28.7 Å². The van der Waals surface area contributed by atoms with Crippen molar-refractivity contribution < 1.29 is 31.1 Å². The van der Waals surface area contributed by atoms with Crippen LogP contribution < -0.4 is 14.8 Å². The minimum Gasteiger partial charge on any atom is -0.482 e.